The Kier molecular flexibility index (Phi) is 6.42. The fourth-order valence-corrected chi connectivity index (χ4v) is 7.25. The van der Waals surface area contributed by atoms with Gasteiger partial charge in [-0.25, -0.2) is 19.9 Å². The van der Waals surface area contributed by atoms with Crippen molar-refractivity contribution in [3.63, 3.8) is 0 Å². The van der Waals surface area contributed by atoms with Crippen molar-refractivity contribution in [3.8, 4) is 56.8 Å². The van der Waals surface area contributed by atoms with Crippen molar-refractivity contribution in [2.45, 2.75) is 0 Å². The Morgan fingerprint density at radius 2 is 0.981 bits per heavy atom. The maximum absolute atomic E-state index is 6.47. The van der Waals surface area contributed by atoms with Gasteiger partial charge in [0.2, 0.25) is 11.8 Å². The van der Waals surface area contributed by atoms with Gasteiger partial charge in [0.25, 0.3) is 0 Å². The Bertz CT molecular complexity index is 3130. The van der Waals surface area contributed by atoms with Crippen LogP contribution in [-0.4, -0.2) is 19.9 Å². The highest BCUT2D eigenvalue weighted by atomic mass is 16.4. The Morgan fingerprint density at radius 3 is 1.77 bits per heavy atom. The molecule has 0 bridgehead atoms. The van der Waals surface area contributed by atoms with Crippen molar-refractivity contribution >= 4 is 54.9 Å². The predicted octanol–water partition coefficient (Wildman–Crippen LogP) is 12.1. The van der Waals surface area contributed by atoms with Crippen LogP contribution in [-0.2, 0) is 0 Å². The normalized spacial score (nSPS) is 11.8. The van der Waals surface area contributed by atoms with Crippen LogP contribution in [0.5, 0.6) is 0 Å². The number of aromatic nitrogens is 4. The average Bonchev–Trinajstić information content (AvgIpc) is 3.96. The van der Waals surface area contributed by atoms with Crippen molar-refractivity contribution in [2.24, 2.45) is 0 Å². The van der Waals surface area contributed by atoms with E-state index in [1.807, 2.05) is 109 Å². The lowest BCUT2D eigenvalue weighted by atomic mass is 9.98. The standard InChI is InChI=1S/C46H26N4O3/c1-3-10-27(11-4-1)36-26-37(28-18-20-30(21-19-28)45-49-34-16-7-8-17-38(34)52-45)48-44(47-36)33-15-9-14-32-31(33)22-24-39-41(32)42-40(51-39)25-23-35-43(42)53-46(50-35)29-12-5-2-6-13-29/h1-26H. The van der Waals surface area contributed by atoms with Gasteiger partial charge in [-0.05, 0) is 77.5 Å². The molecule has 0 saturated carbocycles. The second-order valence-corrected chi connectivity index (χ2v) is 13.0. The van der Waals surface area contributed by atoms with E-state index in [9.17, 15) is 0 Å². The Balaban J connectivity index is 1.08. The lowest BCUT2D eigenvalue weighted by Gasteiger charge is -2.12. The fraction of sp³-hybridized carbons (Fsp3) is 0. The lowest BCUT2D eigenvalue weighted by Crippen LogP contribution is -1.96. The zero-order chi connectivity index (χ0) is 34.9. The van der Waals surface area contributed by atoms with Crippen LogP contribution in [0.3, 0.4) is 0 Å². The van der Waals surface area contributed by atoms with Crippen molar-refractivity contribution in [2.75, 3.05) is 0 Å². The Hall–Kier alpha value is -7.38. The van der Waals surface area contributed by atoms with Crippen molar-refractivity contribution < 1.29 is 13.3 Å². The van der Waals surface area contributed by atoms with Gasteiger partial charge >= 0.3 is 0 Å². The second kappa shape index (κ2) is 11.6. The van der Waals surface area contributed by atoms with Crippen LogP contribution in [0, 0.1) is 0 Å². The first-order valence-corrected chi connectivity index (χ1v) is 17.4. The first-order valence-electron chi connectivity index (χ1n) is 17.4. The topological polar surface area (TPSA) is 91.0 Å². The maximum Gasteiger partial charge on any atom is 0.227 e. The molecule has 7 heteroatoms. The SMILES string of the molecule is c1ccc(-c2cc(-c3ccc(-c4nc5ccccc5o4)cc3)nc(-c3cccc4c3ccc3oc5ccc6nc(-c7ccccc7)oc6c5c34)n2)cc1. The van der Waals surface area contributed by atoms with Gasteiger partial charge in [0.15, 0.2) is 17.0 Å². The number of oxazole rings is 2. The van der Waals surface area contributed by atoms with Crippen molar-refractivity contribution in [3.05, 3.63) is 158 Å². The highest BCUT2D eigenvalue weighted by molar-refractivity contribution is 6.26. The van der Waals surface area contributed by atoms with Gasteiger partial charge in [-0.3, -0.25) is 0 Å². The summed E-state index contributed by atoms with van der Waals surface area (Å²) in [5.41, 5.74) is 10.9. The number of hydrogen-bond donors (Lipinski definition) is 0. The van der Waals surface area contributed by atoms with Gasteiger partial charge in [-0.2, -0.15) is 0 Å². The van der Waals surface area contributed by atoms with E-state index >= 15 is 0 Å². The molecule has 0 aliphatic heterocycles. The number of furan rings is 1. The Morgan fingerprint density at radius 1 is 0.358 bits per heavy atom. The van der Waals surface area contributed by atoms with Crippen LogP contribution in [0.2, 0.25) is 0 Å². The summed E-state index contributed by atoms with van der Waals surface area (Å²) in [5, 5.41) is 3.88. The first kappa shape index (κ1) is 29.4. The number of fused-ring (bicyclic) bond motifs is 8. The highest BCUT2D eigenvalue weighted by Gasteiger charge is 2.20. The molecule has 0 fully saturated rings. The summed E-state index contributed by atoms with van der Waals surface area (Å²) < 4.78 is 18.9. The molecule has 0 N–H and O–H groups in total. The number of rotatable bonds is 5. The van der Waals surface area contributed by atoms with Crippen LogP contribution < -0.4 is 0 Å². The van der Waals surface area contributed by atoms with Gasteiger partial charge < -0.3 is 13.3 Å². The number of para-hydroxylation sites is 2. The van der Waals surface area contributed by atoms with Crippen LogP contribution >= 0.6 is 0 Å². The summed E-state index contributed by atoms with van der Waals surface area (Å²) in [7, 11) is 0. The molecule has 7 aromatic carbocycles. The summed E-state index contributed by atoms with van der Waals surface area (Å²) in [6.45, 7) is 0. The fourth-order valence-electron chi connectivity index (χ4n) is 7.25. The first-order chi connectivity index (χ1) is 26.2. The van der Waals surface area contributed by atoms with E-state index in [0.717, 1.165) is 88.5 Å². The third-order valence-electron chi connectivity index (χ3n) is 9.79. The van der Waals surface area contributed by atoms with Crippen molar-refractivity contribution in [1.82, 2.24) is 19.9 Å². The minimum atomic E-state index is 0.573. The molecule has 0 spiro atoms. The van der Waals surface area contributed by atoms with E-state index in [2.05, 4.69) is 53.5 Å². The smallest absolute Gasteiger partial charge is 0.227 e. The molecule has 53 heavy (non-hydrogen) atoms. The largest absolute Gasteiger partial charge is 0.456 e. The monoisotopic (exact) mass is 682 g/mol. The third kappa shape index (κ3) is 4.82. The van der Waals surface area contributed by atoms with E-state index in [1.54, 1.807) is 0 Å². The van der Waals surface area contributed by atoms with Crippen LogP contribution in [0.25, 0.3) is 112 Å². The summed E-state index contributed by atoms with van der Waals surface area (Å²) in [4.78, 5) is 19.9. The molecular formula is C46H26N4O3. The molecule has 0 radical (unpaired) electrons. The summed E-state index contributed by atoms with van der Waals surface area (Å²) in [5.74, 6) is 1.78. The number of benzene rings is 7. The van der Waals surface area contributed by atoms with Crippen LogP contribution in [0.4, 0.5) is 0 Å². The van der Waals surface area contributed by atoms with Crippen LogP contribution in [0.15, 0.2) is 171 Å². The summed E-state index contributed by atoms with van der Waals surface area (Å²) in [6.07, 6.45) is 0. The van der Waals surface area contributed by atoms with E-state index in [4.69, 9.17) is 28.2 Å². The van der Waals surface area contributed by atoms with E-state index < -0.39 is 0 Å². The van der Waals surface area contributed by atoms with E-state index in [0.29, 0.717) is 23.2 Å². The minimum Gasteiger partial charge on any atom is -0.456 e. The zero-order valence-electron chi connectivity index (χ0n) is 28.0. The quantitative estimate of drug-likeness (QED) is 0.178. The molecule has 0 unspecified atom stereocenters. The molecule has 11 aromatic rings. The molecule has 248 valence electrons. The minimum absolute atomic E-state index is 0.573. The molecule has 0 aliphatic carbocycles. The molecule has 0 atom stereocenters. The molecule has 11 rings (SSSR count). The Labute approximate surface area is 301 Å². The molecule has 4 aromatic heterocycles. The van der Waals surface area contributed by atoms with Gasteiger partial charge in [0, 0.05) is 33.2 Å². The van der Waals surface area contributed by atoms with Gasteiger partial charge in [-0.15, -0.1) is 0 Å². The van der Waals surface area contributed by atoms with Crippen molar-refractivity contribution in [1.29, 1.82) is 0 Å². The molecule has 0 amide bonds. The average molecular weight is 683 g/mol. The molecule has 4 heterocycles. The molecule has 0 aliphatic rings. The summed E-state index contributed by atoms with van der Waals surface area (Å²) in [6, 6.07) is 52.5. The van der Waals surface area contributed by atoms with Gasteiger partial charge in [0.05, 0.1) is 16.8 Å². The molecule has 7 nitrogen and oxygen atoms in total. The lowest BCUT2D eigenvalue weighted by molar-refractivity contribution is 0.620. The number of nitrogens with zero attached hydrogens (tertiary/aromatic N) is 4. The summed E-state index contributed by atoms with van der Waals surface area (Å²) >= 11 is 0. The van der Waals surface area contributed by atoms with Gasteiger partial charge in [-0.1, -0.05) is 91.0 Å². The number of hydrogen-bond acceptors (Lipinski definition) is 7. The van der Waals surface area contributed by atoms with Gasteiger partial charge in [0.1, 0.15) is 22.2 Å². The highest BCUT2D eigenvalue weighted by Crippen LogP contribution is 2.42. The third-order valence-corrected chi connectivity index (χ3v) is 9.79. The van der Waals surface area contributed by atoms with E-state index in [-0.39, 0.29) is 0 Å². The van der Waals surface area contributed by atoms with E-state index in [1.165, 1.54) is 0 Å². The van der Waals surface area contributed by atoms with Crippen LogP contribution in [0.1, 0.15) is 0 Å². The molecule has 0 saturated heterocycles. The predicted molar refractivity (Wildman–Crippen MR) is 209 cm³/mol. The maximum atomic E-state index is 6.47. The zero-order valence-corrected chi connectivity index (χ0v) is 28.0. The molecular weight excluding hydrogens is 657 g/mol. The second-order valence-electron chi connectivity index (χ2n) is 13.0.